The summed E-state index contributed by atoms with van der Waals surface area (Å²) >= 11 is 0. The molecule has 4 aromatic rings. The summed E-state index contributed by atoms with van der Waals surface area (Å²) in [5.74, 6) is 1.42. The molecule has 0 atom stereocenters. The minimum Gasteiger partial charge on any atom is -0.481 e. The summed E-state index contributed by atoms with van der Waals surface area (Å²) in [6, 6.07) is 18.0. The molecule has 0 saturated carbocycles. The van der Waals surface area contributed by atoms with Gasteiger partial charge in [0.05, 0.1) is 6.42 Å². The average molecular weight is 458 g/mol. The summed E-state index contributed by atoms with van der Waals surface area (Å²) in [6.45, 7) is 1.81. The van der Waals surface area contributed by atoms with Crippen molar-refractivity contribution in [2.75, 3.05) is 18.0 Å². The quantitative estimate of drug-likeness (QED) is 0.436. The summed E-state index contributed by atoms with van der Waals surface area (Å²) in [7, 11) is 0. The van der Waals surface area contributed by atoms with Gasteiger partial charge >= 0.3 is 5.97 Å². The van der Waals surface area contributed by atoms with Crippen LogP contribution in [0.2, 0.25) is 0 Å². The van der Waals surface area contributed by atoms with Crippen LogP contribution < -0.4 is 4.90 Å². The number of carboxylic acids is 1. The Bertz CT molecular complexity index is 1260. The molecule has 34 heavy (non-hydrogen) atoms. The molecule has 0 unspecified atom stereocenters. The van der Waals surface area contributed by atoms with Crippen LogP contribution in [0.3, 0.4) is 0 Å². The zero-order valence-electron chi connectivity index (χ0n) is 18.5. The molecular formula is C26H24FN5O2. The lowest BCUT2D eigenvalue weighted by Gasteiger charge is -2.33. The lowest BCUT2D eigenvalue weighted by molar-refractivity contribution is -0.136. The van der Waals surface area contributed by atoms with E-state index in [1.165, 1.54) is 17.7 Å². The molecule has 2 aromatic carbocycles. The Morgan fingerprint density at radius 3 is 2.35 bits per heavy atom. The Balaban J connectivity index is 1.20. The van der Waals surface area contributed by atoms with Crippen LogP contribution in [0.1, 0.15) is 29.9 Å². The highest BCUT2D eigenvalue weighted by molar-refractivity contribution is 5.70. The van der Waals surface area contributed by atoms with Crippen LogP contribution in [0.25, 0.3) is 22.8 Å². The number of aromatic nitrogens is 4. The monoisotopic (exact) mass is 457 g/mol. The smallest absolute Gasteiger partial charge is 0.307 e. The first-order valence-corrected chi connectivity index (χ1v) is 11.3. The Morgan fingerprint density at radius 1 is 1.00 bits per heavy atom. The standard InChI is InChI=1S/C26H24FN5O2/c27-22-8-5-20(6-9-22)25-29-26(31-30-25)21-7-10-23(28-16-21)32-13-11-19(12-14-32)18-3-1-17(2-4-18)15-24(33)34/h1-10,16,19H,11-15H2,(H,33,34)(H,29,30,31). The van der Waals surface area contributed by atoms with Crippen molar-refractivity contribution >= 4 is 11.8 Å². The largest absolute Gasteiger partial charge is 0.481 e. The van der Waals surface area contributed by atoms with Crippen molar-refractivity contribution in [2.45, 2.75) is 25.2 Å². The molecule has 0 amide bonds. The van der Waals surface area contributed by atoms with Gasteiger partial charge in [-0.05, 0) is 66.3 Å². The van der Waals surface area contributed by atoms with Crippen LogP contribution in [0.4, 0.5) is 10.2 Å². The first kappa shape index (κ1) is 21.8. The molecule has 1 aliphatic rings. The van der Waals surface area contributed by atoms with Gasteiger partial charge in [0.1, 0.15) is 11.6 Å². The van der Waals surface area contributed by atoms with E-state index in [2.05, 4.69) is 37.2 Å². The molecule has 8 heteroatoms. The molecule has 0 radical (unpaired) electrons. The van der Waals surface area contributed by atoms with E-state index in [1.54, 1.807) is 18.3 Å². The summed E-state index contributed by atoms with van der Waals surface area (Å²) in [6.07, 6.45) is 3.87. The number of halogens is 1. The second kappa shape index (κ2) is 9.43. The van der Waals surface area contributed by atoms with Crippen molar-refractivity contribution < 1.29 is 14.3 Å². The van der Waals surface area contributed by atoms with Crippen LogP contribution in [0, 0.1) is 5.82 Å². The van der Waals surface area contributed by atoms with Crippen molar-refractivity contribution in [1.82, 2.24) is 20.2 Å². The van der Waals surface area contributed by atoms with E-state index in [4.69, 9.17) is 5.11 Å². The molecular weight excluding hydrogens is 433 g/mol. The number of aromatic amines is 1. The number of carbonyl (C=O) groups is 1. The number of anilines is 1. The zero-order chi connectivity index (χ0) is 23.5. The van der Waals surface area contributed by atoms with E-state index in [1.807, 2.05) is 24.3 Å². The lowest BCUT2D eigenvalue weighted by Crippen LogP contribution is -2.33. The van der Waals surface area contributed by atoms with E-state index >= 15 is 0 Å². The topological polar surface area (TPSA) is 95.0 Å². The zero-order valence-corrected chi connectivity index (χ0v) is 18.5. The number of carboxylic acid groups (broad SMARTS) is 1. The Hall–Kier alpha value is -4.07. The molecule has 172 valence electrons. The molecule has 3 heterocycles. The average Bonchev–Trinajstić information content (AvgIpc) is 3.35. The SMILES string of the molecule is O=C(O)Cc1ccc(C2CCN(c3ccc(-c4n[nH]c(-c5ccc(F)cc5)n4)cn3)CC2)cc1. The number of nitrogens with one attached hydrogen (secondary N) is 1. The number of benzene rings is 2. The minimum atomic E-state index is -0.809. The Labute approximate surface area is 196 Å². The van der Waals surface area contributed by atoms with Gasteiger partial charge in [0.15, 0.2) is 11.6 Å². The molecule has 1 aliphatic heterocycles. The van der Waals surface area contributed by atoms with Crippen LogP contribution in [0.15, 0.2) is 66.9 Å². The Kier molecular flexibility index (Phi) is 6.03. The highest BCUT2D eigenvalue weighted by Gasteiger charge is 2.22. The van der Waals surface area contributed by atoms with Crippen molar-refractivity contribution in [3.8, 4) is 22.8 Å². The summed E-state index contributed by atoms with van der Waals surface area (Å²) in [5.41, 5.74) is 3.67. The van der Waals surface area contributed by atoms with E-state index in [0.29, 0.717) is 17.6 Å². The molecule has 2 N–H and O–H groups in total. The van der Waals surface area contributed by atoms with E-state index in [0.717, 1.165) is 48.4 Å². The normalized spacial score (nSPS) is 14.3. The van der Waals surface area contributed by atoms with Gasteiger partial charge in [0.25, 0.3) is 0 Å². The van der Waals surface area contributed by atoms with Crippen molar-refractivity contribution in [3.63, 3.8) is 0 Å². The summed E-state index contributed by atoms with van der Waals surface area (Å²) in [4.78, 5) is 22.3. The Morgan fingerprint density at radius 2 is 1.71 bits per heavy atom. The maximum absolute atomic E-state index is 13.1. The van der Waals surface area contributed by atoms with Gasteiger partial charge in [-0.25, -0.2) is 14.4 Å². The van der Waals surface area contributed by atoms with Crippen molar-refractivity contribution in [3.05, 3.63) is 83.8 Å². The first-order valence-electron chi connectivity index (χ1n) is 11.3. The van der Waals surface area contributed by atoms with Crippen LogP contribution in [-0.2, 0) is 11.2 Å². The lowest BCUT2D eigenvalue weighted by atomic mass is 9.89. The van der Waals surface area contributed by atoms with Crippen LogP contribution >= 0.6 is 0 Å². The number of H-pyrrole nitrogens is 1. The van der Waals surface area contributed by atoms with Gasteiger partial charge in [0, 0.05) is 30.4 Å². The predicted octanol–water partition coefficient (Wildman–Crippen LogP) is 4.68. The fraction of sp³-hybridized carbons (Fsp3) is 0.231. The van der Waals surface area contributed by atoms with Gasteiger partial charge in [-0.15, -0.1) is 0 Å². The highest BCUT2D eigenvalue weighted by atomic mass is 19.1. The van der Waals surface area contributed by atoms with Gasteiger partial charge in [-0.3, -0.25) is 9.89 Å². The molecule has 1 fully saturated rings. The maximum atomic E-state index is 13.1. The van der Waals surface area contributed by atoms with Crippen LogP contribution in [-0.4, -0.2) is 44.3 Å². The third-order valence-electron chi connectivity index (χ3n) is 6.23. The van der Waals surface area contributed by atoms with Crippen molar-refractivity contribution in [2.24, 2.45) is 0 Å². The highest BCUT2D eigenvalue weighted by Crippen LogP contribution is 2.30. The number of hydrogen-bond acceptors (Lipinski definition) is 5. The fourth-order valence-electron chi connectivity index (χ4n) is 4.36. The van der Waals surface area contributed by atoms with Gasteiger partial charge in [0.2, 0.25) is 0 Å². The fourth-order valence-corrected chi connectivity index (χ4v) is 4.36. The van der Waals surface area contributed by atoms with Gasteiger partial charge in [-0.1, -0.05) is 24.3 Å². The summed E-state index contributed by atoms with van der Waals surface area (Å²) < 4.78 is 13.1. The van der Waals surface area contributed by atoms with Gasteiger partial charge in [-0.2, -0.15) is 5.10 Å². The number of hydrogen-bond donors (Lipinski definition) is 2. The summed E-state index contributed by atoms with van der Waals surface area (Å²) in [5, 5.41) is 16.1. The second-order valence-corrected chi connectivity index (χ2v) is 8.49. The molecule has 0 bridgehead atoms. The number of nitrogens with zero attached hydrogens (tertiary/aromatic N) is 4. The number of rotatable bonds is 6. The number of aliphatic carboxylic acids is 1. The maximum Gasteiger partial charge on any atom is 0.307 e. The van der Waals surface area contributed by atoms with E-state index in [9.17, 15) is 9.18 Å². The number of piperidine rings is 1. The molecule has 0 spiro atoms. The number of pyridine rings is 1. The van der Waals surface area contributed by atoms with E-state index in [-0.39, 0.29) is 12.2 Å². The first-order chi connectivity index (χ1) is 16.5. The van der Waals surface area contributed by atoms with Crippen molar-refractivity contribution in [1.29, 1.82) is 0 Å². The van der Waals surface area contributed by atoms with Gasteiger partial charge < -0.3 is 10.0 Å². The minimum absolute atomic E-state index is 0.0573. The van der Waals surface area contributed by atoms with Crippen LogP contribution in [0.5, 0.6) is 0 Å². The van der Waals surface area contributed by atoms with E-state index < -0.39 is 5.97 Å². The third-order valence-corrected chi connectivity index (χ3v) is 6.23. The molecule has 7 nitrogen and oxygen atoms in total. The molecule has 1 saturated heterocycles. The third kappa shape index (κ3) is 4.80. The predicted molar refractivity (Wildman–Crippen MR) is 127 cm³/mol. The molecule has 5 rings (SSSR count). The molecule has 2 aromatic heterocycles. The molecule has 0 aliphatic carbocycles. The second-order valence-electron chi connectivity index (χ2n) is 8.49.